The van der Waals surface area contributed by atoms with Crippen molar-refractivity contribution < 1.29 is 17.9 Å². The highest BCUT2D eigenvalue weighted by Crippen LogP contribution is 2.29. The van der Waals surface area contributed by atoms with Crippen molar-refractivity contribution in [2.75, 3.05) is 13.7 Å². The largest absolute Gasteiger partial charge is 0.496 e. The van der Waals surface area contributed by atoms with Gasteiger partial charge in [-0.25, -0.2) is 8.42 Å². The molecule has 6 nitrogen and oxygen atoms in total. The molecule has 0 saturated carbocycles. The van der Waals surface area contributed by atoms with Crippen molar-refractivity contribution in [3.63, 3.8) is 0 Å². The molecular formula is C19H24N2O4S2. The van der Waals surface area contributed by atoms with Crippen LogP contribution in [0.15, 0.2) is 46.0 Å². The number of hydrogen-bond acceptors (Lipinski definition) is 5. The molecular weight excluding hydrogens is 384 g/mol. The van der Waals surface area contributed by atoms with E-state index >= 15 is 0 Å². The van der Waals surface area contributed by atoms with Crippen LogP contribution >= 0.6 is 11.3 Å². The minimum absolute atomic E-state index is 0.154. The highest BCUT2D eigenvalue weighted by molar-refractivity contribution is 7.91. The van der Waals surface area contributed by atoms with Crippen molar-refractivity contribution in [1.82, 2.24) is 9.62 Å². The molecule has 2 heterocycles. The monoisotopic (exact) mass is 408 g/mol. The molecule has 1 atom stereocenters. The lowest BCUT2D eigenvalue weighted by molar-refractivity contribution is -0.122. The molecule has 1 aromatic heterocycles. The van der Waals surface area contributed by atoms with Crippen molar-refractivity contribution in [2.24, 2.45) is 0 Å². The van der Waals surface area contributed by atoms with Crippen LogP contribution in [-0.4, -0.2) is 38.3 Å². The topological polar surface area (TPSA) is 75.7 Å². The molecule has 146 valence electrons. The van der Waals surface area contributed by atoms with E-state index in [9.17, 15) is 13.2 Å². The number of amides is 1. The first kappa shape index (κ1) is 19.9. The second kappa shape index (κ2) is 8.86. The maximum absolute atomic E-state index is 12.9. The lowest BCUT2D eigenvalue weighted by Crippen LogP contribution is -2.45. The Morgan fingerprint density at radius 3 is 2.81 bits per heavy atom. The average Bonchev–Trinajstić information content (AvgIpc) is 3.22. The van der Waals surface area contributed by atoms with E-state index in [4.69, 9.17) is 4.74 Å². The molecule has 1 aliphatic heterocycles. The number of sulfonamides is 1. The Hall–Kier alpha value is -1.90. The predicted octanol–water partition coefficient (Wildman–Crippen LogP) is 3.01. The van der Waals surface area contributed by atoms with Crippen LogP contribution < -0.4 is 10.1 Å². The molecule has 1 aromatic carbocycles. The predicted molar refractivity (Wildman–Crippen MR) is 105 cm³/mol. The van der Waals surface area contributed by atoms with Crippen molar-refractivity contribution >= 4 is 27.3 Å². The lowest BCUT2D eigenvalue weighted by Gasteiger charge is -2.34. The van der Waals surface area contributed by atoms with Crippen LogP contribution in [0.5, 0.6) is 5.75 Å². The maximum Gasteiger partial charge on any atom is 0.252 e. The van der Waals surface area contributed by atoms with E-state index in [0.717, 1.165) is 24.2 Å². The third kappa shape index (κ3) is 4.69. The number of piperidine rings is 1. The van der Waals surface area contributed by atoms with E-state index in [1.807, 2.05) is 24.3 Å². The summed E-state index contributed by atoms with van der Waals surface area (Å²) < 4.78 is 32.9. The van der Waals surface area contributed by atoms with Gasteiger partial charge in [-0.3, -0.25) is 4.79 Å². The van der Waals surface area contributed by atoms with Gasteiger partial charge in [-0.15, -0.1) is 11.3 Å². The molecule has 2 aromatic rings. The zero-order valence-electron chi connectivity index (χ0n) is 15.3. The van der Waals surface area contributed by atoms with Gasteiger partial charge in [0.25, 0.3) is 10.0 Å². The first-order chi connectivity index (χ1) is 13.0. The third-order valence-corrected chi connectivity index (χ3v) is 8.05. The molecule has 1 aliphatic rings. The third-order valence-electron chi connectivity index (χ3n) is 4.72. The summed E-state index contributed by atoms with van der Waals surface area (Å²) in [5.74, 6) is 0.566. The Kier molecular flexibility index (Phi) is 6.51. The van der Waals surface area contributed by atoms with Crippen LogP contribution in [-0.2, 0) is 21.4 Å². The van der Waals surface area contributed by atoms with Crippen LogP contribution in [0.25, 0.3) is 0 Å². The summed E-state index contributed by atoms with van der Waals surface area (Å²) in [6.07, 6.45) is 2.62. The summed E-state index contributed by atoms with van der Waals surface area (Å²) in [5.41, 5.74) is 0.889. The number of benzene rings is 1. The fourth-order valence-electron chi connectivity index (χ4n) is 3.35. The SMILES string of the molecule is COc1ccccc1CNC(=O)CC1CCCCN1S(=O)(=O)c1cccs1. The first-order valence-electron chi connectivity index (χ1n) is 8.96. The standard InChI is InChI=1S/C19H24N2O4S2/c1-25-17-9-3-2-7-15(17)14-20-18(22)13-16-8-4-5-11-21(16)27(23,24)19-10-6-12-26-19/h2-3,6-7,9-10,12,16H,4-5,8,11,13-14H2,1H3,(H,20,22). The Morgan fingerprint density at radius 1 is 1.26 bits per heavy atom. The van der Waals surface area contributed by atoms with Crippen LogP contribution in [0.1, 0.15) is 31.2 Å². The van der Waals surface area contributed by atoms with Crippen molar-refractivity contribution in [3.8, 4) is 5.75 Å². The number of hydrogen-bond donors (Lipinski definition) is 1. The molecule has 1 saturated heterocycles. The number of thiophene rings is 1. The number of ether oxygens (including phenoxy) is 1. The fourth-order valence-corrected chi connectivity index (χ4v) is 6.16. The maximum atomic E-state index is 12.9. The summed E-state index contributed by atoms with van der Waals surface area (Å²) >= 11 is 1.21. The number of carbonyl (C=O) groups excluding carboxylic acids is 1. The van der Waals surface area contributed by atoms with E-state index < -0.39 is 10.0 Å². The first-order valence-corrected chi connectivity index (χ1v) is 11.3. The number of nitrogens with zero attached hydrogens (tertiary/aromatic N) is 1. The van der Waals surface area contributed by atoms with E-state index in [-0.39, 0.29) is 18.4 Å². The fraction of sp³-hybridized carbons (Fsp3) is 0.421. The lowest BCUT2D eigenvalue weighted by atomic mass is 10.0. The number of carbonyl (C=O) groups is 1. The van der Waals surface area contributed by atoms with Gasteiger partial charge in [0.1, 0.15) is 9.96 Å². The molecule has 1 fully saturated rings. The van der Waals surface area contributed by atoms with Gasteiger partial charge in [0, 0.05) is 31.1 Å². The molecule has 3 rings (SSSR count). The normalized spacial score (nSPS) is 18.2. The van der Waals surface area contributed by atoms with Crippen molar-refractivity contribution in [2.45, 2.75) is 42.5 Å². The minimum atomic E-state index is -3.54. The second-order valence-corrected chi connectivity index (χ2v) is 9.56. The van der Waals surface area contributed by atoms with E-state index in [2.05, 4.69) is 5.32 Å². The van der Waals surface area contributed by atoms with E-state index in [1.54, 1.807) is 24.6 Å². The zero-order valence-corrected chi connectivity index (χ0v) is 16.9. The highest BCUT2D eigenvalue weighted by atomic mass is 32.2. The number of methoxy groups -OCH3 is 1. The van der Waals surface area contributed by atoms with Crippen LogP contribution in [0.4, 0.5) is 0 Å². The van der Waals surface area contributed by atoms with Crippen LogP contribution in [0, 0.1) is 0 Å². The molecule has 0 bridgehead atoms. The van der Waals surface area contributed by atoms with Gasteiger partial charge in [-0.1, -0.05) is 30.7 Å². The van der Waals surface area contributed by atoms with Gasteiger partial charge in [-0.05, 0) is 30.4 Å². The molecule has 1 amide bonds. The summed E-state index contributed by atoms with van der Waals surface area (Å²) in [7, 11) is -1.95. The van der Waals surface area contributed by atoms with Crippen molar-refractivity contribution in [3.05, 3.63) is 47.3 Å². The smallest absolute Gasteiger partial charge is 0.252 e. The molecule has 0 aliphatic carbocycles. The highest BCUT2D eigenvalue weighted by Gasteiger charge is 2.35. The van der Waals surface area contributed by atoms with E-state index in [0.29, 0.717) is 23.7 Å². The van der Waals surface area contributed by atoms with Gasteiger partial charge < -0.3 is 10.1 Å². The quantitative estimate of drug-likeness (QED) is 0.764. The molecule has 0 spiro atoms. The van der Waals surface area contributed by atoms with Crippen LogP contribution in [0.3, 0.4) is 0 Å². The Bertz CT molecular complexity index is 866. The second-order valence-electron chi connectivity index (χ2n) is 6.49. The van der Waals surface area contributed by atoms with Gasteiger partial charge in [0.2, 0.25) is 5.91 Å². The minimum Gasteiger partial charge on any atom is -0.496 e. The van der Waals surface area contributed by atoms with Gasteiger partial charge in [-0.2, -0.15) is 4.31 Å². The average molecular weight is 409 g/mol. The summed E-state index contributed by atoms with van der Waals surface area (Å²) in [6.45, 7) is 0.817. The van der Waals surface area contributed by atoms with E-state index in [1.165, 1.54) is 15.6 Å². The Morgan fingerprint density at radius 2 is 2.07 bits per heavy atom. The van der Waals surface area contributed by atoms with Crippen molar-refractivity contribution in [1.29, 1.82) is 0 Å². The number of nitrogens with one attached hydrogen (secondary N) is 1. The Labute approximate surface area is 164 Å². The summed E-state index contributed by atoms with van der Waals surface area (Å²) in [6, 6.07) is 10.6. The summed E-state index contributed by atoms with van der Waals surface area (Å²) in [5, 5.41) is 4.65. The van der Waals surface area contributed by atoms with Gasteiger partial charge in [0.05, 0.1) is 7.11 Å². The molecule has 8 heteroatoms. The number of para-hydroxylation sites is 1. The Balaban J connectivity index is 1.65. The molecule has 27 heavy (non-hydrogen) atoms. The van der Waals surface area contributed by atoms with Gasteiger partial charge >= 0.3 is 0 Å². The molecule has 0 radical (unpaired) electrons. The number of rotatable bonds is 7. The van der Waals surface area contributed by atoms with Crippen LogP contribution in [0.2, 0.25) is 0 Å². The zero-order chi connectivity index (χ0) is 19.3. The van der Waals surface area contributed by atoms with Gasteiger partial charge in [0.15, 0.2) is 0 Å². The molecule has 1 unspecified atom stereocenters. The molecule has 1 N–H and O–H groups in total. The summed E-state index contributed by atoms with van der Waals surface area (Å²) in [4.78, 5) is 12.5.